The van der Waals surface area contributed by atoms with Gasteiger partial charge in [-0.05, 0) is 19.1 Å². The van der Waals surface area contributed by atoms with Crippen molar-refractivity contribution in [3.8, 4) is 0 Å². The molecular formula is C14H18N4. The van der Waals surface area contributed by atoms with Crippen molar-refractivity contribution in [2.75, 3.05) is 18.5 Å². The lowest BCUT2D eigenvalue weighted by atomic mass is 10.1. The topological polar surface area (TPSA) is 66.0 Å². The molecule has 4 nitrogen and oxygen atoms in total. The molecule has 0 aliphatic rings. The van der Waals surface area contributed by atoms with Crippen LogP contribution >= 0.6 is 0 Å². The van der Waals surface area contributed by atoms with E-state index in [4.69, 9.17) is 11.1 Å². The van der Waals surface area contributed by atoms with Gasteiger partial charge in [-0.1, -0.05) is 18.2 Å². The Morgan fingerprint density at radius 1 is 1.39 bits per heavy atom. The predicted octanol–water partition coefficient (Wildman–Crippen LogP) is 2.31. The number of anilines is 1. The Labute approximate surface area is 107 Å². The maximum Gasteiger partial charge on any atom is 0.0923 e. The number of aryl methyl sites for hydroxylation is 1. The molecule has 0 unspecified atom stereocenters. The third kappa shape index (κ3) is 2.59. The van der Waals surface area contributed by atoms with Crippen LogP contribution in [0.15, 0.2) is 30.3 Å². The number of aromatic nitrogens is 1. The summed E-state index contributed by atoms with van der Waals surface area (Å²) in [6.45, 7) is 2.73. The van der Waals surface area contributed by atoms with E-state index in [1.165, 1.54) is 0 Å². The van der Waals surface area contributed by atoms with Crippen LogP contribution in [0, 0.1) is 12.3 Å². The molecule has 1 heterocycles. The summed E-state index contributed by atoms with van der Waals surface area (Å²) in [7, 11) is 2.02. The second kappa shape index (κ2) is 5.04. The molecule has 0 bridgehead atoms. The molecule has 1 aromatic carbocycles. The molecule has 3 N–H and O–H groups in total. The lowest BCUT2D eigenvalue weighted by Crippen LogP contribution is -2.24. The first-order chi connectivity index (χ1) is 8.58. The van der Waals surface area contributed by atoms with Crippen LogP contribution in [0.2, 0.25) is 0 Å². The van der Waals surface area contributed by atoms with Crippen molar-refractivity contribution >= 4 is 22.4 Å². The van der Waals surface area contributed by atoms with E-state index in [0.717, 1.165) is 28.8 Å². The molecule has 1 aromatic heterocycles. The average molecular weight is 242 g/mol. The minimum atomic E-state index is 0.219. The molecule has 18 heavy (non-hydrogen) atoms. The maximum atomic E-state index is 7.29. The predicted molar refractivity (Wildman–Crippen MR) is 76.3 cm³/mol. The second-order valence-corrected chi connectivity index (χ2v) is 4.50. The normalized spacial score (nSPS) is 10.6. The molecule has 0 radical (unpaired) electrons. The molecule has 0 spiro atoms. The highest BCUT2D eigenvalue weighted by molar-refractivity contribution is 5.92. The number of benzene rings is 1. The number of fused-ring (bicyclic) bond motifs is 1. The van der Waals surface area contributed by atoms with E-state index in [2.05, 4.69) is 22.0 Å². The van der Waals surface area contributed by atoms with Gasteiger partial charge in [-0.2, -0.15) is 0 Å². The number of nitrogens with two attached hydrogens (primary N) is 1. The summed E-state index contributed by atoms with van der Waals surface area (Å²) in [5, 5.41) is 8.43. The SMILES string of the molecule is Cc1cc(N(C)CCC(=N)N)c2ccccc2n1. The fourth-order valence-electron chi connectivity index (χ4n) is 2.01. The first kappa shape index (κ1) is 12.4. The van der Waals surface area contributed by atoms with E-state index >= 15 is 0 Å². The van der Waals surface area contributed by atoms with Crippen molar-refractivity contribution < 1.29 is 0 Å². The summed E-state index contributed by atoms with van der Waals surface area (Å²) in [5.41, 5.74) is 8.54. The van der Waals surface area contributed by atoms with Gasteiger partial charge in [0.2, 0.25) is 0 Å². The van der Waals surface area contributed by atoms with Crippen LogP contribution in [-0.4, -0.2) is 24.4 Å². The first-order valence-corrected chi connectivity index (χ1v) is 5.98. The Hall–Kier alpha value is -2.10. The molecule has 0 fully saturated rings. The molecule has 0 atom stereocenters. The van der Waals surface area contributed by atoms with Crippen LogP contribution in [-0.2, 0) is 0 Å². The Balaban J connectivity index is 2.39. The van der Waals surface area contributed by atoms with Gasteiger partial charge in [-0.15, -0.1) is 0 Å². The number of nitrogens with one attached hydrogen (secondary N) is 1. The van der Waals surface area contributed by atoms with Gasteiger partial charge in [0, 0.05) is 36.8 Å². The highest BCUT2D eigenvalue weighted by atomic mass is 15.1. The van der Waals surface area contributed by atoms with Gasteiger partial charge in [0.1, 0.15) is 0 Å². The van der Waals surface area contributed by atoms with Gasteiger partial charge >= 0.3 is 0 Å². The Kier molecular flexibility index (Phi) is 3.46. The molecule has 2 rings (SSSR count). The van der Waals surface area contributed by atoms with Crippen LogP contribution in [0.4, 0.5) is 5.69 Å². The summed E-state index contributed by atoms with van der Waals surface area (Å²) in [6.07, 6.45) is 0.576. The van der Waals surface area contributed by atoms with Gasteiger partial charge in [0.25, 0.3) is 0 Å². The fourth-order valence-corrected chi connectivity index (χ4v) is 2.01. The Morgan fingerprint density at radius 3 is 2.83 bits per heavy atom. The lowest BCUT2D eigenvalue weighted by Gasteiger charge is -2.21. The van der Waals surface area contributed by atoms with Crippen LogP contribution in [0.3, 0.4) is 0 Å². The van der Waals surface area contributed by atoms with Crippen LogP contribution in [0.5, 0.6) is 0 Å². The lowest BCUT2D eigenvalue weighted by molar-refractivity contribution is 0.912. The molecule has 0 aliphatic carbocycles. The van der Waals surface area contributed by atoms with E-state index in [-0.39, 0.29) is 5.84 Å². The first-order valence-electron chi connectivity index (χ1n) is 5.98. The number of pyridine rings is 1. The van der Waals surface area contributed by atoms with Crippen molar-refractivity contribution in [1.29, 1.82) is 5.41 Å². The van der Waals surface area contributed by atoms with Gasteiger partial charge in [-0.3, -0.25) is 10.4 Å². The van der Waals surface area contributed by atoms with E-state index in [1.54, 1.807) is 0 Å². The largest absolute Gasteiger partial charge is 0.388 e. The number of amidine groups is 1. The van der Waals surface area contributed by atoms with Crippen molar-refractivity contribution in [2.24, 2.45) is 5.73 Å². The number of nitrogens with zero attached hydrogens (tertiary/aromatic N) is 2. The Morgan fingerprint density at radius 2 is 2.11 bits per heavy atom. The molecule has 0 saturated carbocycles. The highest BCUT2D eigenvalue weighted by Gasteiger charge is 2.08. The summed E-state index contributed by atoms with van der Waals surface area (Å²) in [5.74, 6) is 0.219. The zero-order valence-electron chi connectivity index (χ0n) is 10.8. The van der Waals surface area contributed by atoms with Gasteiger partial charge in [0.05, 0.1) is 11.4 Å². The number of hydrogen-bond donors (Lipinski definition) is 2. The monoisotopic (exact) mass is 242 g/mol. The van der Waals surface area contributed by atoms with Gasteiger partial charge in [-0.25, -0.2) is 0 Å². The van der Waals surface area contributed by atoms with E-state index in [1.807, 2.05) is 32.2 Å². The third-order valence-corrected chi connectivity index (χ3v) is 2.95. The third-order valence-electron chi connectivity index (χ3n) is 2.95. The zero-order chi connectivity index (χ0) is 13.1. The summed E-state index contributed by atoms with van der Waals surface area (Å²) < 4.78 is 0. The van der Waals surface area contributed by atoms with Crippen molar-refractivity contribution in [3.05, 3.63) is 36.0 Å². The summed E-state index contributed by atoms with van der Waals surface area (Å²) in [6, 6.07) is 10.2. The highest BCUT2D eigenvalue weighted by Crippen LogP contribution is 2.25. The van der Waals surface area contributed by atoms with Crippen LogP contribution in [0.1, 0.15) is 12.1 Å². The molecule has 2 aromatic rings. The molecule has 4 heteroatoms. The zero-order valence-corrected chi connectivity index (χ0v) is 10.8. The van der Waals surface area contributed by atoms with Crippen LogP contribution in [0.25, 0.3) is 10.9 Å². The van der Waals surface area contributed by atoms with E-state index in [9.17, 15) is 0 Å². The minimum absolute atomic E-state index is 0.219. The number of hydrogen-bond acceptors (Lipinski definition) is 3. The molecule has 0 aliphatic heterocycles. The molecule has 94 valence electrons. The van der Waals surface area contributed by atoms with E-state index in [0.29, 0.717) is 6.42 Å². The standard InChI is InChI=1S/C14H18N4/c1-10-9-13(18(2)8-7-14(15)16)11-5-3-4-6-12(11)17-10/h3-6,9H,7-8H2,1-2H3,(H3,15,16). The maximum absolute atomic E-state index is 7.29. The second-order valence-electron chi connectivity index (χ2n) is 4.50. The smallest absolute Gasteiger partial charge is 0.0923 e. The van der Waals surface area contributed by atoms with Crippen molar-refractivity contribution in [2.45, 2.75) is 13.3 Å². The van der Waals surface area contributed by atoms with E-state index < -0.39 is 0 Å². The molecule has 0 amide bonds. The molecular weight excluding hydrogens is 224 g/mol. The number of rotatable bonds is 4. The van der Waals surface area contributed by atoms with Crippen LogP contribution < -0.4 is 10.6 Å². The summed E-state index contributed by atoms with van der Waals surface area (Å²) >= 11 is 0. The van der Waals surface area contributed by atoms with Crippen molar-refractivity contribution in [1.82, 2.24) is 4.98 Å². The van der Waals surface area contributed by atoms with Gasteiger partial charge < -0.3 is 10.6 Å². The Bertz CT molecular complexity index is 577. The average Bonchev–Trinajstić information content (AvgIpc) is 2.34. The summed E-state index contributed by atoms with van der Waals surface area (Å²) in [4.78, 5) is 6.64. The van der Waals surface area contributed by atoms with Gasteiger partial charge in [0.15, 0.2) is 0 Å². The fraction of sp³-hybridized carbons (Fsp3) is 0.286. The quantitative estimate of drug-likeness (QED) is 0.638. The van der Waals surface area contributed by atoms with Crippen molar-refractivity contribution in [3.63, 3.8) is 0 Å². The molecule has 0 saturated heterocycles. The minimum Gasteiger partial charge on any atom is -0.388 e. The number of para-hydroxylation sites is 1.